The van der Waals surface area contributed by atoms with Crippen LogP contribution in [-0.2, 0) is 17.8 Å². The molecular formula is C21H21ClFN3O. The predicted octanol–water partition coefficient (Wildman–Crippen LogP) is 4.15. The van der Waals surface area contributed by atoms with Crippen LogP contribution < -0.4 is 10.2 Å². The second-order valence-corrected chi connectivity index (χ2v) is 7.08. The molecule has 140 valence electrons. The van der Waals surface area contributed by atoms with Crippen LogP contribution >= 0.6 is 11.6 Å². The Balaban J connectivity index is 1.59. The maximum absolute atomic E-state index is 13.4. The molecule has 2 aromatic carbocycles. The molecule has 1 saturated heterocycles. The van der Waals surface area contributed by atoms with Gasteiger partial charge in [0.15, 0.2) is 0 Å². The number of hydrogen-bond acceptors (Lipinski definition) is 4. The molecule has 1 fully saturated rings. The van der Waals surface area contributed by atoms with Crippen molar-refractivity contribution in [3.05, 3.63) is 70.5 Å². The minimum Gasteiger partial charge on any atom is -0.378 e. The minimum atomic E-state index is -0.215. The third-order valence-electron chi connectivity index (χ3n) is 4.68. The van der Waals surface area contributed by atoms with Crippen LogP contribution in [0, 0.1) is 5.82 Å². The molecule has 0 radical (unpaired) electrons. The first kappa shape index (κ1) is 18.2. The summed E-state index contributed by atoms with van der Waals surface area (Å²) in [6.45, 7) is 4.27. The third kappa shape index (κ3) is 4.38. The van der Waals surface area contributed by atoms with E-state index in [9.17, 15) is 4.39 Å². The summed E-state index contributed by atoms with van der Waals surface area (Å²) < 4.78 is 18.8. The largest absolute Gasteiger partial charge is 0.378 e. The van der Waals surface area contributed by atoms with Crippen LogP contribution in [0.4, 0.5) is 10.2 Å². The molecule has 0 amide bonds. The minimum absolute atomic E-state index is 0.215. The van der Waals surface area contributed by atoms with Gasteiger partial charge in [0, 0.05) is 42.2 Å². The highest BCUT2D eigenvalue weighted by molar-refractivity contribution is 6.31. The normalized spacial score (nSPS) is 14.7. The number of pyridine rings is 1. The molecule has 4 rings (SSSR count). The van der Waals surface area contributed by atoms with Crippen LogP contribution in [0.5, 0.6) is 0 Å². The fraction of sp³-hybridized carbons (Fsp3) is 0.286. The first-order chi connectivity index (χ1) is 13.2. The number of halogens is 2. The summed E-state index contributed by atoms with van der Waals surface area (Å²) in [6, 6.07) is 14.6. The van der Waals surface area contributed by atoms with Crippen molar-refractivity contribution in [2.24, 2.45) is 0 Å². The summed E-state index contributed by atoms with van der Waals surface area (Å²) in [4.78, 5) is 7.14. The topological polar surface area (TPSA) is 37.4 Å². The molecule has 3 aromatic rings. The summed E-state index contributed by atoms with van der Waals surface area (Å²) >= 11 is 6.14. The van der Waals surface area contributed by atoms with Crippen molar-refractivity contribution >= 4 is 28.3 Å². The van der Waals surface area contributed by atoms with Crippen molar-refractivity contribution in [2.75, 3.05) is 31.2 Å². The van der Waals surface area contributed by atoms with E-state index >= 15 is 0 Å². The SMILES string of the molecule is Fc1cccc(CNCc2cc3ccc(Cl)cc3nc2N2CCOCC2)c1. The van der Waals surface area contributed by atoms with E-state index in [4.69, 9.17) is 21.3 Å². The number of morpholine rings is 1. The summed E-state index contributed by atoms with van der Waals surface area (Å²) in [5.41, 5.74) is 2.92. The maximum atomic E-state index is 13.4. The van der Waals surface area contributed by atoms with Crippen LogP contribution in [0.25, 0.3) is 10.9 Å². The summed E-state index contributed by atoms with van der Waals surface area (Å²) in [7, 11) is 0. The smallest absolute Gasteiger partial charge is 0.133 e. The van der Waals surface area contributed by atoms with Gasteiger partial charge in [-0.1, -0.05) is 29.8 Å². The number of hydrogen-bond donors (Lipinski definition) is 1. The van der Waals surface area contributed by atoms with E-state index in [0.717, 1.165) is 40.9 Å². The van der Waals surface area contributed by atoms with Crippen molar-refractivity contribution < 1.29 is 9.13 Å². The lowest BCUT2D eigenvalue weighted by molar-refractivity contribution is 0.122. The number of aromatic nitrogens is 1. The molecule has 6 heteroatoms. The number of benzene rings is 2. The predicted molar refractivity (Wildman–Crippen MR) is 107 cm³/mol. The van der Waals surface area contributed by atoms with Crippen LogP contribution in [-0.4, -0.2) is 31.3 Å². The lowest BCUT2D eigenvalue weighted by atomic mass is 10.1. The van der Waals surface area contributed by atoms with Crippen molar-refractivity contribution in [3.63, 3.8) is 0 Å². The van der Waals surface area contributed by atoms with Gasteiger partial charge in [-0.05, 0) is 35.9 Å². The fourth-order valence-electron chi connectivity index (χ4n) is 3.34. The van der Waals surface area contributed by atoms with Crippen molar-refractivity contribution in [1.29, 1.82) is 0 Å². The Morgan fingerprint density at radius 3 is 2.74 bits per heavy atom. The molecule has 1 aromatic heterocycles. The Morgan fingerprint density at radius 2 is 1.93 bits per heavy atom. The van der Waals surface area contributed by atoms with Gasteiger partial charge in [0.25, 0.3) is 0 Å². The lowest BCUT2D eigenvalue weighted by Crippen LogP contribution is -2.37. The van der Waals surface area contributed by atoms with Gasteiger partial charge in [0.05, 0.1) is 18.7 Å². The Morgan fingerprint density at radius 1 is 1.07 bits per heavy atom. The standard InChI is InChI=1S/C21H21ClFN3O/c22-18-5-4-16-11-17(14-24-13-15-2-1-3-19(23)10-15)21(25-20(16)12-18)26-6-8-27-9-7-26/h1-5,10-12,24H,6-9,13-14H2. The second kappa shape index (κ2) is 8.21. The average Bonchev–Trinajstić information content (AvgIpc) is 2.68. The lowest BCUT2D eigenvalue weighted by Gasteiger charge is -2.30. The molecule has 0 bridgehead atoms. The molecule has 27 heavy (non-hydrogen) atoms. The summed E-state index contributed by atoms with van der Waals surface area (Å²) in [5, 5.41) is 5.15. The molecule has 0 saturated carbocycles. The van der Waals surface area contributed by atoms with Gasteiger partial charge in [-0.25, -0.2) is 9.37 Å². The maximum Gasteiger partial charge on any atom is 0.133 e. The van der Waals surface area contributed by atoms with E-state index < -0.39 is 0 Å². The second-order valence-electron chi connectivity index (χ2n) is 6.64. The van der Waals surface area contributed by atoms with E-state index in [2.05, 4.69) is 16.3 Å². The number of fused-ring (bicyclic) bond motifs is 1. The van der Waals surface area contributed by atoms with Gasteiger partial charge in [-0.15, -0.1) is 0 Å². The van der Waals surface area contributed by atoms with Crippen molar-refractivity contribution in [1.82, 2.24) is 10.3 Å². The summed E-state index contributed by atoms with van der Waals surface area (Å²) in [5.74, 6) is 0.743. The number of nitrogens with one attached hydrogen (secondary N) is 1. The van der Waals surface area contributed by atoms with Crippen LogP contribution in [0.3, 0.4) is 0 Å². The first-order valence-electron chi connectivity index (χ1n) is 9.06. The summed E-state index contributed by atoms with van der Waals surface area (Å²) in [6.07, 6.45) is 0. The highest BCUT2D eigenvalue weighted by Crippen LogP contribution is 2.26. The van der Waals surface area contributed by atoms with Crippen LogP contribution in [0.2, 0.25) is 5.02 Å². The van der Waals surface area contributed by atoms with Crippen LogP contribution in [0.15, 0.2) is 48.5 Å². The molecule has 0 atom stereocenters. The molecule has 0 unspecified atom stereocenters. The highest BCUT2D eigenvalue weighted by Gasteiger charge is 2.17. The zero-order valence-electron chi connectivity index (χ0n) is 14.9. The van der Waals surface area contributed by atoms with Gasteiger partial charge >= 0.3 is 0 Å². The zero-order valence-corrected chi connectivity index (χ0v) is 15.7. The molecule has 0 spiro atoms. The van der Waals surface area contributed by atoms with Gasteiger partial charge in [-0.2, -0.15) is 0 Å². The van der Waals surface area contributed by atoms with E-state index in [1.165, 1.54) is 6.07 Å². The number of anilines is 1. The Bertz CT molecular complexity index is 944. The van der Waals surface area contributed by atoms with Crippen molar-refractivity contribution in [3.8, 4) is 0 Å². The number of ether oxygens (including phenoxy) is 1. The Kier molecular flexibility index (Phi) is 5.53. The molecule has 4 nitrogen and oxygen atoms in total. The van der Waals surface area contributed by atoms with Gasteiger partial charge in [0.2, 0.25) is 0 Å². The van der Waals surface area contributed by atoms with Crippen LogP contribution in [0.1, 0.15) is 11.1 Å². The van der Waals surface area contributed by atoms with Crippen molar-refractivity contribution in [2.45, 2.75) is 13.1 Å². The highest BCUT2D eigenvalue weighted by atomic mass is 35.5. The number of rotatable bonds is 5. The quantitative estimate of drug-likeness (QED) is 0.715. The molecule has 1 aliphatic heterocycles. The van der Waals surface area contributed by atoms with E-state index in [1.807, 2.05) is 24.3 Å². The zero-order chi connectivity index (χ0) is 18.6. The van der Waals surface area contributed by atoms with E-state index in [1.54, 1.807) is 12.1 Å². The van der Waals surface area contributed by atoms with E-state index in [-0.39, 0.29) is 5.82 Å². The Labute approximate surface area is 162 Å². The molecule has 2 heterocycles. The first-order valence-corrected chi connectivity index (χ1v) is 9.44. The molecule has 1 aliphatic rings. The average molecular weight is 386 g/mol. The molecule has 1 N–H and O–H groups in total. The monoisotopic (exact) mass is 385 g/mol. The number of nitrogens with zero attached hydrogens (tertiary/aromatic N) is 2. The van der Waals surface area contributed by atoms with Gasteiger partial charge < -0.3 is 15.0 Å². The van der Waals surface area contributed by atoms with Gasteiger partial charge in [-0.3, -0.25) is 0 Å². The van der Waals surface area contributed by atoms with E-state index in [0.29, 0.717) is 31.3 Å². The molecular weight excluding hydrogens is 365 g/mol. The third-order valence-corrected chi connectivity index (χ3v) is 4.92. The fourth-order valence-corrected chi connectivity index (χ4v) is 3.51. The Hall–Kier alpha value is -2.21. The molecule has 0 aliphatic carbocycles. The van der Waals surface area contributed by atoms with Gasteiger partial charge in [0.1, 0.15) is 11.6 Å².